The summed E-state index contributed by atoms with van der Waals surface area (Å²) in [6, 6.07) is 0. The fourth-order valence-corrected chi connectivity index (χ4v) is 2.39. The minimum atomic E-state index is -0.0632. The molecule has 0 spiro atoms. The molecule has 2 rings (SSSR count). The number of hydrogen-bond acceptors (Lipinski definition) is 2. The van der Waals surface area contributed by atoms with Crippen LogP contribution < -0.4 is 0 Å². The summed E-state index contributed by atoms with van der Waals surface area (Å²) in [7, 11) is 0. The first-order valence-corrected chi connectivity index (χ1v) is 5.13. The van der Waals surface area contributed by atoms with Crippen molar-refractivity contribution in [3.05, 3.63) is 12.2 Å². The number of rotatable bonds is 3. The molecule has 2 aliphatic rings. The molecule has 0 aromatic carbocycles. The van der Waals surface area contributed by atoms with Gasteiger partial charge < -0.3 is 4.74 Å². The molecule has 1 fully saturated rings. The third kappa shape index (κ3) is 1.77. The number of ether oxygens (including phenoxy) is 1. The molecule has 2 nitrogen and oxygen atoms in total. The summed E-state index contributed by atoms with van der Waals surface area (Å²) in [4.78, 5) is 10.9. The Kier molecular flexibility index (Phi) is 2.38. The fourth-order valence-electron chi connectivity index (χ4n) is 2.39. The second-order valence-electron chi connectivity index (χ2n) is 4.08. The standard InChI is InChI=1S/C11H16O2/c1-2-11(12)13-7-10-6-8-3-4-9(10)5-8/h3-4,8-10H,2,5-7H2,1H3/t8-,9+,10-/m1/s1. The highest BCUT2D eigenvalue weighted by Gasteiger charge is 2.35. The highest BCUT2D eigenvalue weighted by molar-refractivity contribution is 5.68. The van der Waals surface area contributed by atoms with Crippen LogP contribution in [0.2, 0.25) is 0 Å². The van der Waals surface area contributed by atoms with Gasteiger partial charge in [-0.1, -0.05) is 19.1 Å². The van der Waals surface area contributed by atoms with E-state index in [0.717, 1.165) is 5.92 Å². The van der Waals surface area contributed by atoms with E-state index in [4.69, 9.17) is 4.74 Å². The Balaban J connectivity index is 1.78. The van der Waals surface area contributed by atoms with Crippen molar-refractivity contribution in [1.29, 1.82) is 0 Å². The van der Waals surface area contributed by atoms with E-state index < -0.39 is 0 Å². The van der Waals surface area contributed by atoms with Crippen molar-refractivity contribution in [3.8, 4) is 0 Å². The molecule has 2 heteroatoms. The van der Waals surface area contributed by atoms with Crippen molar-refractivity contribution >= 4 is 5.97 Å². The van der Waals surface area contributed by atoms with Gasteiger partial charge in [0.1, 0.15) is 0 Å². The zero-order valence-corrected chi connectivity index (χ0v) is 8.03. The lowest BCUT2D eigenvalue weighted by molar-refractivity contribution is -0.144. The Morgan fingerprint density at radius 1 is 1.46 bits per heavy atom. The molecule has 0 aromatic rings. The second kappa shape index (κ2) is 3.52. The van der Waals surface area contributed by atoms with E-state index >= 15 is 0 Å². The molecule has 0 amide bonds. The number of esters is 1. The Bertz CT molecular complexity index is 232. The SMILES string of the molecule is CCC(=O)OC[C@H]1C[C@@H]2C=C[C@H]1C2. The van der Waals surface area contributed by atoms with Crippen LogP contribution in [0.4, 0.5) is 0 Å². The van der Waals surface area contributed by atoms with Crippen LogP contribution in [0.1, 0.15) is 26.2 Å². The van der Waals surface area contributed by atoms with Crippen molar-refractivity contribution in [2.75, 3.05) is 6.61 Å². The van der Waals surface area contributed by atoms with Crippen molar-refractivity contribution < 1.29 is 9.53 Å². The molecule has 13 heavy (non-hydrogen) atoms. The van der Waals surface area contributed by atoms with E-state index in [2.05, 4.69) is 12.2 Å². The molecule has 0 aliphatic heterocycles. The van der Waals surface area contributed by atoms with E-state index in [0.29, 0.717) is 24.9 Å². The Labute approximate surface area is 79.0 Å². The number of hydrogen-bond donors (Lipinski definition) is 0. The average molecular weight is 180 g/mol. The zero-order valence-electron chi connectivity index (χ0n) is 8.03. The predicted octanol–water partition coefficient (Wildman–Crippen LogP) is 2.15. The smallest absolute Gasteiger partial charge is 0.305 e. The Hall–Kier alpha value is -0.790. The lowest BCUT2D eigenvalue weighted by Gasteiger charge is -2.17. The molecule has 0 unspecified atom stereocenters. The normalized spacial score (nSPS) is 35.3. The summed E-state index contributed by atoms with van der Waals surface area (Å²) in [5.74, 6) is 2.00. The molecular formula is C11H16O2. The summed E-state index contributed by atoms with van der Waals surface area (Å²) < 4.78 is 5.15. The minimum Gasteiger partial charge on any atom is -0.465 e. The van der Waals surface area contributed by atoms with E-state index in [1.807, 2.05) is 6.92 Å². The quantitative estimate of drug-likeness (QED) is 0.491. The molecule has 0 N–H and O–H groups in total. The molecule has 0 saturated heterocycles. The maximum Gasteiger partial charge on any atom is 0.305 e. The highest BCUT2D eigenvalue weighted by atomic mass is 16.5. The van der Waals surface area contributed by atoms with Crippen LogP contribution in [0.15, 0.2) is 12.2 Å². The van der Waals surface area contributed by atoms with Crippen molar-refractivity contribution in [3.63, 3.8) is 0 Å². The lowest BCUT2D eigenvalue weighted by Crippen LogP contribution is -2.17. The number of carbonyl (C=O) groups excluding carboxylic acids is 1. The maximum absolute atomic E-state index is 10.9. The van der Waals surface area contributed by atoms with Crippen molar-refractivity contribution in [2.45, 2.75) is 26.2 Å². The van der Waals surface area contributed by atoms with Gasteiger partial charge in [-0.3, -0.25) is 4.79 Å². The van der Waals surface area contributed by atoms with E-state index in [1.165, 1.54) is 12.8 Å². The number of fused-ring (bicyclic) bond motifs is 2. The Morgan fingerprint density at radius 3 is 2.85 bits per heavy atom. The third-order valence-corrected chi connectivity index (χ3v) is 3.16. The largest absolute Gasteiger partial charge is 0.465 e. The third-order valence-electron chi connectivity index (χ3n) is 3.16. The summed E-state index contributed by atoms with van der Waals surface area (Å²) >= 11 is 0. The van der Waals surface area contributed by atoms with E-state index in [-0.39, 0.29) is 5.97 Å². The van der Waals surface area contributed by atoms with Crippen LogP contribution >= 0.6 is 0 Å². The van der Waals surface area contributed by atoms with Crippen LogP contribution in [-0.4, -0.2) is 12.6 Å². The van der Waals surface area contributed by atoms with Gasteiger partial charge in [-0.05, 0) is 30.6 Å². The van der Waals surface area contributed by atoms with Crippen molar-refractivity contribution in [1.82, 2.24) is 0 Å². The maximum atomic E-state index is 10.9. The molecular weight excluding hydrogens is 164 g/mol. The predicted molar refractivity (Wildman–Crippen MR) is 50.1 cm³/mol. The lowest BCUT2D eigenvalue weighted by atomic mass is 9.95. The molecule has 72 valence electrons. The highest BCUT2D eigenvalue weighted by Crippen LogP contribution is 2.43. The second-order valence-corrected chi connectivity index (χ2v) is 4.08. The molecule has 0 radical (unpaired) electrons. The molecule has 0 heterocycles. The summed E-state index contributed by atoms with van der Waals surface area (Å²) in [5.41, 5.74) is 0. The molecule has 0 aromatic heterocycles. The molecule has 2 aliphatic carbocycles. The van der Waals surface area contributed by atoms with Gasteiger partial charge in [-0.2, -0.15) is 0 Å². The van der Waals surface area contributed by atoms with Gasteiger partial charge in [0, 0.05) is 6.42 Å². The molecule has 1 saturated carbocycles. The average Bonchev–Trinajstić information content (AvgIpc) is 2.74. The zero-order chi connectivity index (χ0) is 9.26. The van der Waals surface area contributed by atoms with Gasteiger partial charge in [-0.15, -0.1) is 0 Å². The van der Waals surface area contributed by atoms with Crippen LogP contribution in [0.25, 0.3) is 0 Å². The monoisotopic (exact) mass is 180 g/mol. The van der Waals surface area contributed by atoms with E-state index in [9.17, 15) is 4.79 Å². The summed E-state index contributed by atoms with van der Waals surface area (Å²) in [6.07, 6.45) is 7.60. The molecule has 3 atom stereocenters. The van der Waals surface area contributed by atoms with Gasteiger partial charge in [0.2, 0.25) is 0 Å². The van der Waals surface area contributed by atoms with Gasteiger partial charge >= 0.3 is 5.97 Å². The fraction of sp³-hybridized carbons (Fsp3) is 0.727. The van der Waals surface area contributed by atoms with Gasteiger partial charge in [0.15, 0.2) is 0 Å². The number of carbonyl (C=O) groups is 1. The number of allylic oxidation sites excluding steroid dienone is 2. The first-order chi connectivity index (χ1) is 6.29. The first-order valence-electron chi connectivity index (χ1n) is 5.13. The topological polar surface area (TPSA) is 26.3 Å². The van der Waals surface area contributed by atoms with Gasteiger partial charge in [0.05, 0.1) is 6.61 Å². The van der Waals surface area contributed by atoms with Crippen LogP contribution in [0.3, 0.4) is 0 Å². The van der Waals surface area contributed by atoms with Gasteiger partial charge in [0.25, 0.3) is 0 Å². The molecule has 2 bridgehead atoms. The van der Waals surface area contributed by atoms with Crippen LogP contribution in [-0.2, 0) is 9.53 Å². The summed E-state index contributed by atoms with van der Waals surface area (Å²) in [5, 5.41) is 0. The van der Waals surface area contributed by atoms with Crippen LogP contribution in [0.5, 0.6) is 0 Å². The Morgan fingerprint density at radius 2 is 2.31 bits per heavy atom. The van der Waals surface area contributed by atoms with Gasteiger partial charge in [-0.25, -0.2) is 0 Å². The van der Waals surface area contributed by atoms with Crippen molar-refractivity contribution in [2.24, 2.45) is 17.8 Å². The van der Waals surface area contributed by atoms with Crippen LogP contribution in [0, 0.1) is 17.8 Å². The van der Waals surface area contributed by atoms with E-state index in [1.54, 1.807) is 0 Å². The summed E-state index contributed by atoms with van der Waals surface area (Å²) in [6.45, 7) is 2.47. The minimum absolute atomic E-state index is 0.0632. The first kappa shape index (κ1) is 8.79.